The molecule has 0 fully saturated rings. The van der Waals surface area contributed by atoms with Gasteiger partial charge in [0.15, 0.2) is 5.15 Å². The van der Waals surface area contributed by atoms with Gasteiger partial charge in [-0.25, -0.2) is 0 Å². The largest absolute Gasteiger partial charge is 0.387 e. The lowest BCUT2D eigenvalue weighted by atomic mass is 10.1. The number of alkyl halides is 1. The van der Waals surface area contributed by atoms with E-state index in [1.54, 1.807) is 0 Å². The first-order chi connectivity index (χ1) is 6.07. The first-order valence-electron chi connectivity index (χ1n) is 3.81. The second-order valence-electron chi connectivity index (χ2n) is 2.78. The summed E-state index contributed by atoms with van der Waals surface area (Å²) >= 11 is 9.01. The molecule has 1 heterocycles. The number of nitrogens with zero attached hydrogens (tertiary/aromatic N) is 2. The van der Waals surface area contributed by atoms with Crippen molar-refractivity contribution < 1.29 is 5.11 Å². The molecule has 0 amide bonds. The van der Waals surface area contributed by atoms with E-state index in [0.29, 0.717) is 10.9 Å². The van der Waals surface area contributed by atoms with Crippen molar-refractivity contribution in [3.05, 3.63) is 22.0 Å². The Hall–Kier alpha value is -0.190. The molecule has 0 spiro atoms. The maximum Gasteiger partial charge on any atom is 0.157 e. The van der Waals surface area contributed by atoms with Crippen molar-refractivity contribution in [1.82, 2.24) is 10.2 Å². The van der Waals surface area contributed by atoms with Crippen LogP contribution in [0.15, 0.2) is 0 Å². The Morgan fingerprint density at radius 2 is 2.08 bits per heavy atom. The summed E-state index contributed by atoms with van der Waals surface area (Å²) in [5.41, 5.74) is 2.34. The van der Waals surface area contributed by atoms with Crippen LogP contribution >= 0.6 is 27.5 Å². The Bertz CT molecular complexity index is 319. The maximum atomic E-state index is 9.62. The minimum atomic E-state index is -0.623. The molecule has 1 unspecified atom stereocenters. The summed E-state index contributed by atoms with van der Waals surface area (Å²) in [5.74, 6) is 0. The summed E-state index contributed by atoms with van der Waals surface area (Å²) in [4.78, 5) is 0. The third kappa shape index (κ3) is 2.18. The summed E-state index contributed by atoms with van der Waals surface area (Å²) in [6.07, 6.45) is -0.623. The fourth-order valence-corrected chi connectivity index (χ4v) is 1.69. The lowest BCUT2D eigenvalue weighted by molar-refractivity contribution is 0.204. The molecule has 5 heteroatoms. The van der Waals surface area contributed by atoms with E-state index in [4.69, 9.17) is 11.6 Å². The van der Waals surface area contributed by atoms with Gasteiger partial charge in [-0.3, -0.25) is 0 Å². The second-order valence-corrected chi connectivity index (χ2v) is 3.79. The zero-order chi connectivity index (χ0) is 10.0. The van der Waals surface area contributed by atoms with E-state index in [1.807, 2.05) is 13.8 Å². The number of hydrogen-bond acceptors (Lipinski definition) is 3. The molecule has 0 aliphatic heterocycles. The fraction of sp³-hybridized carbons (Fsp3) is 0.500. The number of aliphatic hydroxyl groups excluding tert-OH is 1. The van der Waals surface area contributed by atoms with Gasteiger partial charge in [-0.2, -0.15) is 5.10 Å². The Morgan fingerprint density at radius 3 is 2.62 bits per heavy atom. The molecule has 1 rings (SSSR count). The zero-order valence-electron chi connectivity index (χ0n) is 7.38. The standard InChI is InChI=1S/C8H10BrClN2O/c1-4-5(2)11-12-8(10)7(4)6(13)3-9/h6,13H,3H2,1-2H3. The number of aliphatic hydroxyl groups is 1. The maximum absolute atomic E-state index is 9.62. The molecule has 0 aromatic carbocycles. The fourth-order valence-electron chi connectivity index (χ4n) is 1.06. The van der Waals surface area contributed by atoms with E-state index in [1.165, 1.54) is 0 Å². The van der Waals surface area contributed by atoms with Gasteiger partial charge in [-0.15, -0.1) is 5.10 Å². The molecule has 0 saturated carbocycles. The molecule has 0 saturated heterocycles. The quantitative estimate of drug-likeness (QED) is 0.834. The van der Waals surface area contributed by atoms with Gasteiger partial charge in [0.2, 0.25) is 0 Å². The average molecular weight is 266 g/mol. The first kappa shape index (κ1) is 10.9. The smallest absolute Gasteiger partial charge is 0.157 e. The van der Waals surface area contributed by atoms with Gasteiger partial charge in [-0.05, 0) is 19.4 Å². The summed E-state index contributed by atoms with van der Waals surface area (Å²) in [6, 6.07) is 0. The molecular formula is C8H10BrClN2O. The molecule has 1 aromatic heterocycles. The van der Waals surface area contributed by atoms with E-state index in [2.05, 4.69) is 26.1 Å². The molecule has 3 nitrogen and oxygen atoms in total. The molecular weight excluding hydrogens is 255 g/mol. The predicted molar refractivity (Wildman–Crippen MR) is 55.3 cm³/mol. The zero-order valence-corrected chi connectivity index (χ0v) is 9.72. The van der Waals surface area contributed by atoms with Crippen molar-refractivity contribution in [2.24, 2.45) is 0 Å². The average Bonchev–Trinajstić information content (AvgIpc) is 2.12. The lowest BCUT2D eigenvalue weighted by Gasteiger charge is -2.12. The normalized spacial score (nSPS) is 13.0. The van der Waals surface area contributed by atoms with Crippen molar-refractivity contribution in [3.63, 3.8) is 0 Å². The highest BCUT2D eigenvalue weighted by molar-refractivity contribution is 9.09. The van der Waals surface area contributed by atoms with Crippen LogP contribution in [-0.2, 0) is 0 Å². The number of halogens is 2. The van der Waals surface area contributed by atoms with Gasteiger partial charge in [0.05, 0.1) is 11.8 Å². The highest BCUT2D eigenvalue weighted by atomic mass is 79.9. The third-order valence-corrected chi connectivity index (χ3v) is 2.83. The molecule has 72 valence electrons. The van der Waals surface area contributed by atoms with E-state index in [0.717, 1.165) is 11.3 Å². The van der Waals surface area contributed by atoms with Crippen LogP contribution in [0.1, 0.15) is 22.9 Å². The van der Waals surface area contributed by atoms with Gasteiger partial charge in [-0.1, -0.05) is 27.5 Å². The van der Waals surface area contributed by atoms with Crippen molar-refractivity contribution in [2.45, 2.75) is 20.0 Å². The summed E-state index contributed by atoms with van der Waals surface area (Å²) < 4.78 is 0. The van der Waals surface area contributed by atoms with Crippen molar-refractivity contribution in [3.8, 4) is 0 Å². The molecule has 0 bridgehead atoms. The number of rotatable bonds is 2. The SMILES string of the molecule is Cc1nnc(Cl)c(C(O)CBr)c1C. The van der Waals surface area contributed by atoms with Gasteiger partial charge in [0, 0.05) is 10.9 Å². The molecule has 1 N–H and O–H groups in total. The van der Waals surface area contributed by atoms with E-state index in [-0.39, 0.29) is 5.15 Å². The lowest BCUT2D eigenvalue weighted by Crippen LogP contribution is -2.06. The summed E-state index contributed by atoms with van der Waals surface area (Å²) in [5, 5.41) is 17.9. The highest BCUT2D eigenvalue weighted by Gasteiger charge is 2.16. The van der Waals surface area contributed by atoms with Crippen molar-refractivity contribution in [2.75, 3.05) is 5.33 Å². The molecule has 0 aliphatic carbocycles. The van der Waals surface area contributed by atoms with Crippen LogP contribution in [0.4, 0.5) is 0 Å². The van der Waals surface area contributed by atoms with Gasteiger partial charge in [0.25, 0.3) is 0 Å². The van der Waals surface area contributed by atoms with E-state index < -0.39 is 6.10 Å². The second kappa shape index (κ2) is 4.35. The molecule has 0 aliphatic rings. The van der Waals surface area contributed by atoms with Crippen LogP contribution in [0.2, 0.25) is 5.15 Å². The van der Waals surface area contributed by atoms with Crippen LogP contribution in [0.25, 0.3) is 0 Å². The van der Waals surface area contributed by atoms with E-state index in [9.17, 15) is 5.11 Å². The van der Waals surface area contributed by atoms with Crippen molar-refractivity contribution in [1.29, 1.82) is 0 Å². The molecule has 0 radical (unpaired) electrons. The Labute approximate surface area is 90.3 Å². The topological polar surface area (TPSA) is 46.0 Å². The first-order valence-corrected chi connectivity index (χ1v) is 5.31. The summed E-state index contributed by atoms with van der Waals surface area (Å²) in [7, 11) is 0. The molecule has 1 aromatic rings. The molecule has 13 heavy (non-hydrogen) atoms. The van der Waals surface area contributed by atoms with Crippen LogP contribution < -0.4 is 0 Å². The van der Waals surface area contributed by atoms with Gasteiger partial charge in [0.1, 0.15) is 0 Å². The van der Waals surface area contributed by atoms with Crippen molar-refractivity contribution >= 4 is 27.5 Å². The minimum absolute atomic E-state index is 0.273. The Morgan fingerprint density at radius 1 is 1.46 bits per heavy atom. The minimum Gasteiger partial charge on any atom is -0.387 e. The monoisotopic (exact) mass is 264 g/mol. The number of aryl methyl sites for hydroxylation is 1. The van der Waals surface area contributed by atoms with Crippen LogP contribution in [0, 0.1) is 13.8 Å². The van der Waals surface area contributed by atoms with Crippen LogP contribution in [0.3, 0.4) is 0 Å². The Balaban J connectivity index is 3.25. The number of aromatic nitrogens is 2. The van der Waals surface area contributed by atoms with Crippen LogP contribution in [0.5, 0.6) is 0 Å². The highest BCUT2D eigenvalue weighted by Crippen LogP contribution is 2.26. The van der Waals surface area contributed by atoms with Gasteiger partial charge >= 0.3 is 0 Å². The third-order valence-electron chi connectivity index (χ3n) is 1.94. The molecule has 1 atom stereocenters. The summed E-state index contributed by atoms with van der Waals surface area (Å²) in [6.45, 7) is 3.71. The predicted octanol–water partition coefficient (Wildman–Crippen LogP) is 2.18. The van der Waals surface area contributed by atoms with Gasteiger partial charge < -0.3 is 5.11 Å². The Kier molecular flexibility index (Phi) is 3.64. The number of hydrogen-bond donors (Lipinski definition) is 1. The van der Waals surface area contributed by atoms with Crippen LogP contribution in [-0.4, -0.2) is 20.6 Å². The van der Waals surface area contributed by atoms with E-state index >= 15 is 0 Å².